The number of nitrogens with zero attached hydrogens (tertiary/aromatic N) is 1. The average molecular weight is 199 g/mol. The third-order valence-corrected chi connectivity index (χ3v) is 3.32. The van der Waals surface area contributed by atoms with Crippen LogP contribution in [0.5, 0.6) is 0 Å². The van der Waals surface area contributed by atoms with Gasteiger partial charge in [0.15, 0.2) is 0 Å². The van der Waals surface area contributed by atoms with E-state index in [0.29, 0.717) is 5.92 Å². The van der Waals surface area contributed by atoms with Gasteiger partial charge in [0.2, 0.25) is 0 Å². The minimum absolute atomic E-state index is 0.0413. The van der Waals surface area contributed by atoms with E-state index < -0.39 is 6.10 Å². The predicted molar refractivity (Wildman–Crippen MR) is 50.6 cm³/mol. The second kappa shape index (κ2) is 3.74. The lowest BCUT2D eigenvalue weighted by Gasteiger charge is -2.19. The highest BCUT2D eigenvalue weighted by atomic mass is 32.1. The van der Waals surface area contributed by atoms with Crippen LogP contribution in [-0.2, 0) is 4.74 Å². The Kier molecular flexibility index (Phi) is 2.62. The summed E-state index contributed by atoms with van der Waals surface area (Å²) < 4.78 is 9.45. The summed E-state index contributed by atoms with van der Waals surface area (Å²) in [6, 6.07) is 1.85. The van der Waals surface area contributed by atoms with Gasteiger partial charge in [0.1, 0.15) is 6.10 Å². The Morgan fingerprint density at radius 1 is 1.77 bits per heavy atom. The summed E-state index contributed by atoms with van der Waals surface area (Å²) in [5, 5.41) is 9.93. The first-order valence-corrected chi connectivity index (χ1v) is 5.26. The molecule has 3 nitrogen and oxygen atoms in total. The molecule has 0 amide bonds. The summed E-state index contributed by atoms with van der Waals surface area (Å²) >= 11 is 1.34. The third-order valence-electron chi connectivity index (χ3n) is 2.50. The molecule has 0 bridgehead atoms. The van der Waals surface area contributed by atoms with Crippen molar-refractivity contribution in [3.05, 3.63) is 17.1 Å². The zero-order valence-electron chi connectivity index (χ0n) is 7.51. The van der Waals surface area contributed by atoms with Crippen LogP contribution in [0.2, 0.25) is 0 Å². The molecule has 1 aliphatic rings. The summed E-state index contributed by atoms with van der Waals surface area (Å²) in [7, 11) is 0. The van der Waals surface area contributed by atoms with Gasteiger partial charge in [0, 0.05) is 12.8 Å². The summed E-state index contributed by atoms with van der Waals surface area (Å²) in [5.74, 6) is 0.442. The Hall–Kier alpha value is -0.450. The number of hydrogen-bond donors (Lipinski definition) is 1. The molecule has 0 spiro atoms. The first-order chi connectivity index (χ1) is 6.29. The quantitative estimate of drug-likeness (QED) is 0.786. The maximum atomic E-state index is 9.93. The first kappa shape index (κ1) is 9.12. The lowest BCUT2D eigenvalue weighted by molar-refractivity contribution is -0.0160. The SMILES string of the molecule is CC1CCOC1C(O)c1ccns1. The van der Waals surface area contributed by atoms with E-state index in [1.165, 1.54) is 11.5 Å². The van der Waals surface area contributed by atoms with Gasteiger partial charge in [-0.2, -0.15) is 0 Å². The van der Waals surface area contributed by atoms with Crippen LogP contribution in [0.1, 0.15) is 24.3 Å². The zero-order chi connectivity index (χ0) is 9.26. The Morgan fingerprint density at radius 3 is 3.15 bits per heavy atom. The van der Waals surface area contributed by atoms with E-state index in [-0.39, 0.29) is 6.10 Å². The molecule has 4 heteroatoms. The van der Waals surface area contributed by atoms with E-state index in [9.17, 15) is 5.11 Å². The molecule has 3 unspecified atom stereocenters. The van der Waals surface area contributed by atoms with E-state index >= 15 is 0 Å². The highest BCUT2D eigenvalue weighted by Gasteiger charge is 2.32. The van der Waals surface area contributed by atoms with Crippen LogP contribution >= 0.6 is 11.5 Å². The fraction of sp³-hybridized carbons (Fsp3) is 0.667. The molecule has 72 valence electrons. The normalized spacial score (nSPS) is 30.6. The second-order valence-electron chi connectivity index (χ2n) is 3.46. The molecule has 1 N–H and O–H groups in total. The molecular formula is C9H13NO2S. The van der Waals surface area contributed by atoms with Crippen LogP contribution in [0.3, 0.4) is 0 Å². The minimum atomic E-state index is -0.495. The van der Waals surface area contributed by atoms with E-state index in [1.807, 2.05) is 6.07 Å². The summed E-state index contributed by atoms with van der Waals surface area (Å²) in [6.45, 7) is 2.88. The summed E-state index contributed by atoms with van der Waals surface area (Å²) in [4.78, 5) is 0.902. The van der Waals surface area contributed by atoms with Crippen LogP contribution in [0.25, 0.3) is 0 Å². The van der Waals surface area contributed by atoms with Gasteiger partial charge in [0.25, 0.3) is 0 Å². The molecule has 0 aromatic carbocycles. The van der Waals surface area contributed by atoms with E-state index in [2.05, 4.69) is 11.3 Å². The molecule has 0 aliphatic carbocycles. The van der Waals surface area contributed by atoms with Gasteiger partial charge < -0.3 is 9.84 Å². The molecule has 1 fully saturated rings. The molecule has 13 heavy (non-hydrogen) atoms. The Bertz CT molecular complexity index is 263. The van der Waals surface area contributed by atoms with Gasteiger partial charge >= 0.3 is 0 Å². The number of aliphatic hydroxyl groups excluding tert-OH is 1. The van der Waals surface area contributed by atoms with Crippen molar-refractivity contribution >= 4 is 11.5 Å². The van der Waals surface area contributed by atoms with Crippen LogP contribution in [-0.4, -0.2) is 22.2 Å². The fourth-order valence-electron chi connectivity index (χ4n) is 1.66. The summed E-state index contributed by atoms with van der Waals surface area (Å²) in [6.07, 6.45) is 2.22. The molecule has 1 aliphatic heterocycles. The zero-order valence-corrected chi connectivity index (χ0v) is 8.33. The van der Waals surface area contributed by atoms with Crippen molar-refractivity contribution < 1.29 is 9.84 Å². The van der Waals surface area contributed by atoms with E-state index in [4.69, 9.17) is 4.74 Å². The molecule has 2 rings (SSSR count). The highest BCUT2D eigenvalue weighted by molar-refractivity contribution is 7.05. The Morgan fingerprint density at radius 2 is 2.62 bits per heavy atom. The highest BCUT2D eigenvalue weighted by Crippen LogP contribution is 2.32. The van der Waals surface area contributed by atoms with Gasteiger partial charge in [-0.3, -0.25) is 0 Å². The monoisotopic (exact) mass is 199 g/mol. The van der Waals surface area contributed by atoms with Crippen molar-refractivity contribution in [2.75, 3.05) is 6.61 Å². The molecule has 3 atom stereocenters. The number of aliphatic hydroxyl groups is 1. The van der Waals surface area contributed by atoms with Crippen LogP contribution < -0.4 is 0 Å². The van der Waals surface area contributed by atoms with Crippen molar-refractivity contribution in [2.45, 2.75) is 25.6 Å². The molecule has 2 heterocycles. The number of rotatable bonds is 2. The third kappa shape index (κ3) is 1.75. The summed E-state index contributed by atoms with van der Waals surface area (Å²) in [5.41, 5.74) is 0. The van der Waals surface area contributed by atoms with E-state index in [0.717, 1.165) is 17.9 Å². The molecule has 1 aromatic heterocycles. The lowest BCUT2D eigenvalue weighted by Crippen LogP contribution is -2.22. The van der Waals surface area contributed by atoms with Gasteiger partial charge in [-0.05, 0) is 29.9 Å². The minimum Gasteiger partial charge on any atom is -0.385 e. The van der Waals surface area contributed by atoms with Gasteiger partial charge in [-0.25, -0.2) is 4.37 Å². The van der Waals surface area contributed by atoms with Crippen LogP contribution in [0.4, 0.5) is 0 Å². The largest absolute Gasteiger partial charge is 0.385 e. The molecule has 1 aromatic rings. The average Bonchev–Trinajstić information content (AvgIpc) is 2.72. The van der Waals surface area contributed by atoms with Gasteiger partial charge in [-0.15, -0.1) is 0 Å². The lowest BCUT2D eigenvalue weighted by atomic mass is 9.99. The van der Waals surface area contributed by atoms with Crippen molar-refractivity contribution in [1.82, 2.24) is 4.37 Å². The van der Waals surface area contributed by atoms with Gasteiger partial charge in [-0.1, -0.05) is 6.92 Å². The van der Waals surface area contributed by atoms with E-state index in [1.54, 1.807) is 6.20 Å². The maximum absolute atomic E-state index is 9.93. The maximum Gasteiger partial charge on any atom is 0.116 e. The fourth-order valence-corrected chi connectivity index (χ4v) is 2.27. The molecule has 0 radical (unpaired) electrons. The smallest absolute Gasteiger partial charge is 0.116 e. The topological polar surface area (TPSA) is 42.4 Å². The van der Waals surface area contributed by atoms with Crippen LogP contribution in [0.15, 0.2) is 12.3 Å². The number of hydrogen-bond acceptors (Lipinski definition) is 4. The first-order valence-electron chi connectivity index (χ1n) is 4.49. The standard InChI is InChI=1S/C9H13NO2S/c1-6-3-5-12-9(6)8(11)7-2-4-10-13-7/h2,4,6,8-9,11H,3,5H2,1H3. The van der Waals surface area contributed by atoms with Gasteiger partial charge in [0.05, 0.1) is 11.0 Å². The second-order valence-corrected chi connectivity index (χ2v) is 4.33. The predicted octanol–water partition coefficient (Wildman–Crippen LogP) is 1.60. The molecular weight excluding hydrogens is 186 g/mol. The van der Waals surface area contributed by atoms with Crippen LogP contribution in [0, 0.1) is 5.92 Å². The number of ether oxygens (including phenoxy) is 1. The number of aromatic nitrogens is 1. The Labute approximate surface area is 81.5 Å². The Balaban J connectivity index is 2.08. The molecule has 1 saturated heterocycles. The van der Waals surface area contributed by atoms with Crippen molar-refractivity contribution in [3.8, 4) is 0 Å². The van der Waals surface area contributed by atoms with Crippen molar-refractivity contribution in [3.63, 3.8) is 0 Å². The van der Waals surface area contributed by atoms with Crippen molar-refractivity contribution in [1.29, 1.82) is 0 Å². The van der Waals surface area contributed by atoms with Crippen molar-refractivity contribution in [2.24, 2.45) is 5.92 Å². The molecule has 0 saturated carbocycles.